The van der Waals surface area contributed by atoms with Crippen molar-refractivity contribution in [2.75, 3.05) is 49.1 Å². The number of rotatable bonds is 15. The van der Waals surface area contributed by atoms with Gasteiger partial charge in [0, 0.05) is 31.7 Å². The zero-order chi connectivity index (χ0) is 30.1. The van der Waals surface area contributed by atoms with E-state index in [9.17, 15) is 5.11 Å². The van der Waals surface area contributed by atoms with E-state index in [1.54, 1.807) is 51.7 Å². The van der Waals surface area contributed by atoms with Gasteiger partial charge in [-0.3, -0.25) is 0 Å². The maximum atomic E-state index is 11.7. The Hall–Kier alpha value is -3.74. The lowest BCUT2D eigenvalue weighted by molar-refractivity contribution is -0.0632. The number of hydrogen-bond acceptors (Lipinski definition) is 10. The molecule has 0 saturated carbocycles. The van der Waals surface area contributed by atoms with Crippen LogP contribution in [0.5, 0.6) is 23.0 Å². The number of hydrogen-bond donors (Lipinski definition) is 1. The Morgan fingerprint density at radius 2 is 1.52 bits per heavy atom. The molecule has 0 radical (unpaired) electrons. The van der Waals surface area contributed by atoms with Gasteiger partial charge in [0.25, 0.3) is 0 Å². The van der Waals surface area contributed by atoms with Crippen molar-refractivity contribution in [1.29, 1.82) is 0 Å². The minimum Gasteiger partial charge on any atom is -0.497 e. The number of imidazole rings is 1. The van der Waals surface area contributed by atoms with E-state index in [1.165, 1.54) is 26.0 Å². The van der Waals surface area contributed by atoms with Gasteiger partial charge in [0.05, 0.1) is 32.7 Å². The monoisotopic (exact) mass is 596 g/mol. The normalized spacial score (nSPS) is 12.5. The van der Waals surface area contributed by atoms with E-state index in [4.69, 9.17) is 38.1 Å². The summed E-state index contributed by atoms with van der Waals surface area (Å²) in [6.45, 7) is -0.0947. The Bertz CT molecular complexity index is 1430. The number of aromatic nitrogens is 2. The summed E-state index contributed by atoms with van der Waals surface area (Å²) in [7, 11) is 9.64. The van der Waals surface area contributed by atoms with E-state index in [0.717, 1.165) is 4.90 Å². The Balaban J connectivity index is 1.94. The van der Waals surface area contributed by atoms with E-state index in [0.29, 0.717) is 50.7 Å². The second kappa shape index (κ2) is 14.9. The van der Waals surface area contributed by atoms with Crippen LogP contribution in [0.4, 0.5) is 0 Å². The van der Waals surface area contributed by atoms with E-state index < -0.39 is 12.2 Å². The molecule has 224 valence electrons. The van der Waals surface area contributed by atoms with Gasteiger partial charge in [-0.05, 0) is 42.0 Å². The van der Waals surface area contributed by atoms with Crippen molar-refractivity contribution in [3.05, 3.63) is 89.2 Å². The Labute approximate surface area is 250 Å². The van der Waals surface area contributed by atoms with Crippen LogP contribution in [0.2, 0.25) is 0 Å². The first-order valence-corrected chi connectivity index (χ1v) is 13.9. The first kappa shape index (κ1) is 31.2. The molecule has 0 fully saturated rings. The minimum absolute atomic E-state index is 0.0463. The molecule has 0 saturated heterocycles. The Morgan fingerprint density at radius 3 is 2.14 bits per heavy atom. The zero-order valence-electron chi connectivity index (χ0n) is 24.5. The van der Waals surface area contributed by atoms with Gasteiger partial charge in [-0.1, -0.05) is 42.1 Å². The highest BCUT2D eigenvalue weighted by Crippen LogP contribution is 2.47. The quantitative estimate of drug-likeness (QED) is 0.180. The minimum atomic E-state index is -1.08. The summed E-state index contributed by atoms with van der Waals surface area (Å²) >= 11 is 1.47. The summed E-state index contributed by atoms with van der Waals surface area (Å²) in [4.78, 5) is 5.94. The van der Waals surface area contributed by atoms with Gasteiger partial charge < -0.3 is 42.8 Å². The topological polar surface area (TPSA) is 103 Å². The molecule has 4 aromatic rings. The lowest BCUT2D eigenvalue weighted by Crippen LogP contribution is -2.18. The molecule has 0 bridgehead atoms. The van der Waals surface area contributed by atoms with Crippen molar-refractivity contribution in [2.45, 2.75) is 22.3 Å². The molecule has 3 aromatic carbocycles. The fraction of sp³-hybridized carbons (Fsp3) is 0.323. The first-order valence-electron chi connectivity index (χ1n) is 13.1. The third-order valence-electron chi connectivity index (χ3n) is 6.50. The van der Waals surface area contributed by atoms with Crippen molar-refractivity contribution >= 4 is 11.8 Å². The molecule has 0 aliphatic heterocycles. The number of aliphatic hydroxyl groups is 1. The van der Waals surface area contributed by atoms with E-state index >= 15 is 0 Å². The highest BCUT2D eigenvalue weighted by Gasteiger charge is 2.33. The molecule has 2 unspecified atom stereocenters. The second-order valence-electron chi connectivity index (χ2n) is 9.04. The van der Waals surface area contributed by atoms with Gasteiger partial charge in [-0.15, -0.1) is 0 Å². The summed E-state index contributed by atoms with van der Waals surface area (Å²) in [5.74, 6) is 1.89. The molecule has 0 aliphatic carbocycles. The lowest BCUT2D eigenvalue weighted by Gasteiger charge is -2.25. The molecule has 0 amide bonds. The largest absolute Gasteiger partial charge is 0.497 e. The van der Waals surface area contributed by atoms with E-state index in [1.807, 2.05) is 48.0 Å². The molecule has 11 heteroatoms. The molecule has 1 N–H and O–H groups in total. The summed E-state index contributed by atoms with van der Waals surface area (Å²) < 4.78 is 41.4. The van der Waals surface area contributed by atoms with Gasteiger partial charge in [-0.2, -0.15) is 0 Å². The van der Waals surface area contributed by atoms with Crippen molar-refractivity contribution < 1.29 is 38.3 Å². The summed E-state index contributed by atoms with van der Waals surface area (Å²) in [6, 6.07) is 20.7. The highest BCUT2D eigenvalue weighted by molar-refractivity contribution is 7.99. The molecule has 2 atom stereocenters. The average Bonchev–Trinajstić information content (AvgIpc) is 3.35. The summed E-state index contributed by atoms with van der Waals surface area (Å²) in [5, 5.41) is 12.4. The maximum absolute atomic E-state index is 11.7. The summed E-state index contributed by atoms with van der Waals surface area (Å²) in [5.41, 5.74) is 2.25. The molecule has 4 rings (SSSR count). The van der Waals surface area contributed by atoms with Crippen LogP contribution >= 0.6 is 11.8 Å². The third-order valence-corrected chi connectivity index (χ3v) is 7.56. The first-order chi connectivity index (χ1) is 20.5. The zero-order valence-corrected chi connectivity index (χ0v) is 25.3. The third kappa shape index (κ3) is 6.83. The van der Waals surface area contributed by atoms with Gasteiger partial charge in [0.1, 0.15) is 24.8 Å². The predicted octanol–water partition coefficient (Wildman–Crippen LogP) is 5.37. The SMILES string of the molecule is COCOc1c(C(OCOC)c2c(C(O)c3ccc(OC)cc3)nc(Sc3ccccc3)n2C)ccc(OC)c1OC. The van der Waals surface area contributed by atoms with Crippen molar-refractivity contribution in [1.82, 2.24) is 9.55 Å². The van der Waals surface area contributed by atoms with Crippen LogP contribution < -0.4 is 18.9 Å². The number of ether oxygens (including phenoxy) is 7. The molecule has 0 aliphatic rings. The molecule has 1 aromatic heterocycles. The molecule has 0 spiro atoms. The molecular weight excluding hydrogens is 560 g/mol. The van der Waals surface area contributed by atoms with Crippen LogP contribution in [-0.4, -0.2) is 63.8 Å². The van der Waals surface area contributed by atoms with Gasteiger partial charge >= 0.3 is 0 Å². The van der Waals surface area contributed by atoms with Gasteiger partial charge in [0.15, 0.2) is 23.4 Å². The fourth-order valence-corrected chi connectivity index (χ4v) is 5.37. The number of nitrogens with zero attached hydrogens (tertiary/aromatic N) is 2. The molecular formula is C31H36N2O8S. The van der Waals surface area contributed by atoms with Gasteiger partial charge in [0.2, 0.25) is 5.75 Å². The maximum Gasteiger partial charge on any atom is 0.203 e. The fourth-order valence-electron chi connectivity index (χ4n) is 4.49. The molecule has 10 nitrogen and oxygen atoms in total. The van der Waals surface area contributed by atoms with Crippen molar-refractivity contribution in [3.63, 3.8) is 0 Å². The second-order valence-corrected chi connectivity index (χ2v) is 10.1. The number of aliphatic hydroxyl groups excluding tert-OH is 1. The Kier molecular flexibility index (Phi) is 11.1. The van der Waals surface area contributed by atoms with Crippen LogP contribution in [0, 0.1) is 0 Å². The van der Waals surface area contributed by atoms with Gasteiger partial charge in [-0.25, -0.2) is 4.98 Å². The lowest BCUT2D eigenvalue weighted by atomic mass is 9.98. The van der Waals surface area contributed by atoms with Crippen LogP contribution in [0.3, 0.4) is 0 Å². The van der Waals surface area contributed by atoms with E-state index in [-0.39, 0.29) is 13.6 Å². The van der Waals surface area contributed by atoms with E-state index in [2.05, 4.69) is 0 Å². The smallest absolute Gasteiger partial charge is 0.203 e. The van der Waals surface area contributed by atoms with Crippen LogP contribution in [0.1, 0.15) is 34.7 Å². The van der Waals surface area contributed by atoms with Crippen molar-refractivity contribution in [2.24, 2.45) is 7.05 Å². The average molecular weight is 597 g/mol. The molecule has 1 heterocycles. The molecule has 42 heavy (non-hydrogen) atoms. The van der Waals surface area contributed by atoms with Crippen LogP contribution in [0.25, 0.3) is 0 Å². The van der Waals surface area contributed by atoms with Crippen LogP contribution in [-0.2, 0) is 21.3 Å². The predicted molar refractivity (Wildman–Crippen MR) is 158 cm³/mol. The highest BCUT2D eigenvalue weighted by atomic mass is 32.2. The number of benzene rings is 3. The standard InChI is InChI=1S/C31H36N2O8S/c1-33-26(28(40-18-35-2)23-16-17-24(38-5)30(39-6)29(23)41-19-36-3)25(27(34)20-12-14-21(37-4)15-13-20)32-31(33)42-22-10-8-7-9-11-22/h7-17,27-28,34H,18-19H2,1-6H3. The van der Waals surface area contributed by atoms with Crippen LogP contribution in [0.15, 0.2) is 76.8 Å². The van der Waals surface area contributed by atoms with Crippen molar-refractivity contribution in [3.8, 4) is 23.0 Å². The number of methoxy groups -OCH3 is 5. The Morgan fingerprint density at radius 1 is 0.810 bits per heavy atom. The summed E-state index contributed by atoms with van der Waals surface area (Å²) in [6.07, 6.45) is -1.89.